The number of rotatable bonds is 7. The van der Waals surface area contributed by atoms with Gasteiger partial charge in [-0.3, -0.25) is 9.59 Å². The highest BCUT2D eigenvalue weighted by molar-refractivity contribution is 7.89. The molecule has 0 bridgehead atoms. The van der Waals surface area contributed by atoms with Gasteiger partial charge in [0.2, 0.25) is 15.9 Å². The van der Waals surface area contributed by atoms with Crippen LogP contribution in [0.5, 0.6) is 0 Å². The van der Waals surface area contributed by atoms with E-state index >= 15 is 0 Å². The van der Waals surface area contributed by atoms with Gasteiger partial charge in [-0.15, -0.1) is 0 Å². The highest BCUT2D eigenvalue weighted by Crippen LogP contribution is 2.17. The molecule has 0 saturated carbocycles. The molecule has 0 spiro atoms. The normalized spacial score (nSPS) is 13.9. The average Bonchev–Trinajstić information content (AvgIpc) is 2.51. The Morgan fingerprint density at radius 3 is 2.22 bits per heavy atom. The summed E-state index contributed by atoms with van der Waals surface area (Å²) in [6.45, 7) is 4.99. The maximum absolute atomic E-state index is 12.4. The summed E-state index contributed by atoms with van der Waals surface area (Å²) in [6.07, 6.45) is 0.615. The number of anilines is 1. The largest absolute Gasteiger partial charge is 0.468 e. The summed E-state index contributed by atoms with van der Waals surface area (Å²) in [5.41, 5.74) is 0.489. The minimum atomic E-state index is -3.88. The molecule has 2 atom stereocenters. The number of sulfonamides is 1. The van der Waals surface area contributed by atoms with Crippen molar-refractivity contribution in [1.29, 1.82) is 0 Å². The molecule has 23 heavy (non-hydrogen) atoms. The summed E-state index contributed by atoms with van der Waals surface area (Å²) in [5.74, 6) is -1.09. The van der Waals surface area contributed by atoms with E-state index in [0.29, 0.717) is 12.1 Å². The first kappa shape index (κ1) is 19.1. The lowest BCUT2D eigenvalue weighted by Crippen LogP contribution is -2.45. The first-order valence-corrected chi connectivity index (χ1v) is 8.67. The molecular weight excluding hydrogens is 320 g/mol. The Hall–Kier alpha value is -1.93. The molecule has 1 aromatic rings. The Balaban J connectivity index is 3.00. The zero-order valence-electron chi connectivity index (χ0n) is 13.6. The van der Waals surface area contributed by atoms with Crippen LogP contribution < -0.4 is 10.0 Å². The topological polar surface area (TPSA) is 102 Å². The lowest BCUT2D eigenvalue weighted by atomic mass is 10.0. The maximum atomic E-state index is 12.4. The van der Waals surface area contributed by atoms with Crippen LogP contribution in [0.2, 0.25) is 0 Å². The van der Waals surface area contributed by atoms with Crippen LogP contribution in [0, 0.1) is 5.92 Å². The maximum Gasteiger partial charge on any atom is 0.324 e. The Bertz CT molecular complexity index is 655. The van der Waals surface area contributed by atoms with Crippen molar-refractivity contribution in [2.24, 2.45) is 5.92 Å². The van der Waals surface area contributed by atoms with Gasteiger partial charge in [-0.1, -0.05) is 20.3 Å². The zero-order valence-corrected chi connectivity index (χ0v) is 14.4. The van der Waals surface area contributed by atoms with E-state index in [0.717, 1.165) is 0 Å². The van der Waals surface area contributed by atoms with E-state index in [2.05, 4.69) is 14.8 Å². The second-order valence-corrected chi connectivity index (χ2v) is 6.93. The first-order chi connectivity index (χ1) is 10.7. The van der Waals surface area contributed by atoms with Crippen molar-refractivity contribution in [3.63, 3.8) is 0 Å². The van der Waals surface area contributed by atoms with Crippen LogP contribution in [-0.2, 0) is 24.3 Å². The summed E-state index contributed by atoms with van der Waals surface area (Å²) in [4.78, 5) is 22.8. The van der Waals surface area contributed by atoms with Crippen LogP contribution >= 0.6 is 0 Å². The van der Waals surface area contributed by atoms with E-state index in [9.17, 15) is 18.0 Å². The fourth-order valence-corrected chi connectivity index (χ4v) is 3.21. The molecule has 0 saturated heterocycles. The first-order valence-electron chi connectivity index (χ1n) is 7.19. The Labute approximate surface area is 136 Å². The van der Waals surface area contributed by atoms with Crippen molar-refractivity contribution in [3.05, 3.63) is 24.3 Å². The molecule has 0 unspecified atom stereocenters. The number of esters is 1. The molecule has 8 heteroatoms. The van der Waals surface area contributed by atoms with Gasteiger partial charge < -0.3 is 10.1 Å². The molecule has 1 aromatic carbocycles. The van der Waals surface area contributed by atoms with E-state index in [-0.39, 0.29) is 16.7 Å². The van der Waals surface area contributed by atoms with E-state index in [4.69, 9.17) is 0 Å². The second-order valence-electron chi connectivity index (χ2n) is 5.21. The van der Waals surface area contributed by atoms with Crippen LogP contribution in [0.3, 0.4) is 0 Å². The van der Waals surface area contributed by atoms with Gasteiger partial charge in [0.15, 0.2) is 0 Å². The standard InChI is InChI=1S/C15H22N2O5S/c1-5-10(2)14(15(19)22-4)17-23(20,21)13-8-6-12(7-9-13)16-11(3)18/h6-10,14,17H,5H2,1-4H3,(H,16,18)/t10-,14-/m0/s1. The van der Waals surface area contributed by atoms with E-state index in [1.54, 1.807) is 6.92 Å². The molecule has 1 rings (SSSR count). The predicted octanol–water partition coefficient (Wildman–Crippen LogP) is 1.51. The van der Waals surface area contributed by atoms with E-state index in [1.807, 2.05) is 6.92 Å². The van der Waals surface area contributed by atoms with Crippen LogP contribution in [0.1, 0.15) is 27.2 Å². The number of hydrogen-bond donors (Lipinski definition) is 2. The third-order valence-corrected chi connectivity index (χ3v) is 4.89. The van der Waals surface area contributed by atoms with E-state index in [1.165, 1.54) is 38.3 Å². The third kappa shape index (κ3) is 5.33. The van der Waals surface area contributed by atoms with Gasteiger partial charge in [-0.05, 0) is 30.2 Å². The van der Waals surface area contributed by atoms with Crippen molar-refractivity contribution in [3.8, 4) is 0 Å². The Kier molecular flexibility index (Phi) is 6.71. The molecule has 1 amide bonds. The lowest BCUT2D eigenvalue weighted by Gasteiger charge is -2.21. The minimum Gasteiger partial charge on any atom is -0.468 e. The molecular formula is C15H22N2O5S. The van der Waals surface area contributed by atoms with Crippen molar-refractivity contribution in [1.82, 2.24) is 4.72 Å². The predicted molar refractivity (Wildman–Crippen MR) is 86.3 cm³/mol. The zero-order chi connectivity index (χ0) is 17.6. The van der Waals surface area contributed by atoms with Crippen LogP contribution in [0.25, 0.3) is 0 Å². The summed E-state index contributed by atoms with van der Waals surface area (Å²) >= 11 is 0. The van der Waals surface area contributed by atoms with Gasteiger partial charge in [-0.2, -0.15) is 4.72 Å². The Morgan fingerprint density at radius 2 is 1.78 bits per heavy atom. The number of methoxy groups -OCH3 is 1. The monoisotopic (exact) mass is 342 g/mol. The van der Waals surface area contributed by atoms with Gasteiger partial charge >= 0.3 is 5.97 Å². The van der Waals surface area contributed by atoms with Crippen molar-refractivity contribution >= 4 is 27.6 Å². The van der Waals surface area contributed by atoms with Crippen LogP contribution in [0.4, 0.5) is 5.69 Å². The second kappa shape index (κ2) is 8.07. The molecule has 0 radical (unpaired) electrons. The SMILES string of the molecule is CC[C@H](C)[C@H](NS(=O)(=O)c1ccc(NC(C)=O)cc1)C(=O)OC. The van der Waals surface area contributed by atoms with Gasteiger partial charge in [-0.25, -0.2) is 8.42 Å². The molecule has 0 aromatic heterocycles. The van der Waals surface area contributed by atoms with Crippen molar-refractivity contribution in [2.75, 3.05) is 12.4 Å². The molecule has 0 heterocycles. The van der Waals surface area contributed by atoms with Gasteiger partial charge in [0.25, 0.3) is 0 Å². The third-order valence-electron chi connectivity index (χ3n) is 3.44. The smallest absolute Gasteiger partial charge is 0.324 e. The number of hydrogen-bond acceptors (Lipinski definition) is 5. The lowest BCUT2D eigenvalue weighted by molar-refractivity contribution is -0.143. The van der Waals surface area contributed by atoms with Gasteiger partial charge in [0, 0.05) is 12.6 Å². The molecule has 0 fully saturated rings. The quantitative estimate of drug-likeness (QED) is 0.731. The Morgan fingerprint density at radius 1 is 1.22 bits per heavy atom. The number of carbonyl (C=O) groups is 2. The van der Waals surface area contributed by atoms with Crippen molar-refractivity contribution < 1.29 is 22.7 Å². The molecule has 0 aliphatic rings. The minimum absolute atomic E-state index is 0.00353. The molecule has 0 aliphatic heterocycles. The van der Waals surface area contributed by atoms with Crippen LogP contribution in [0.15, 0.2) is 29.2 Å². The van der Waals surface area contributed by atoms with Gasteiger partial charge in [0.05, 0.1) is 12.0 Å². The highest BCUT2D eigenvalue weighted by atomic mass is 32.2. The molecule has 0 aliphatic carbocycles. The average molecular weight is 342 g/mol. The number of carbonyl (C=O) groups excluding carboxylic acids is 2. The summed E-state index contributed by atoms with van der Waals surface area (Å²) in [6, 6.07) is 4.72. The fourth-order valence-electron chi connectivity index (χ4n) is 1.92. The number of ether oxygens (including phenoxy) is 1. The van der Waals surface area contributed by atoms with Gasteiger partial charge in [0.1, 0.15) is 6.04 Å². The highest BCUT2D eigenvalue weighted by Gasteiger charge is 2.30. The van der Waals surface area contributed by atoms with E-state index < -0.39 is 22.0 Å². The number of benzene rings is 1. The molecule has 2 N–H and O–H groups in total. The fraction of sp³-hybridized carbons (Fsp3) is 0.467. The number of amides is 1. The summed E-state index contributed by atoms with van der Waals surface area (Å²) < 4.78 is 31.9. The molecule has 128 valence electrons. The summed E-state index contributed by atoms with van der Waals surface area (Å²) in [7, 11) is -2.66. The van der Waals surface area contributed by atoms with Crippen molar-refractivity contribution in [2.45, 2.75) is 38.1 Å². The number of nitrogens with one attached hydrogen (secondary N) is 2. The summed E-state index contributed by atoms with van der Waals surface area (Å²) in [5, 5.41) is 2.55. The molecule has 7 nitrogen and oxygen atoms in total. The van der Waals surface area contributed by atoms with Crippen LogP contribution in [-0.4, -0.2) is 33.4 Å².